The van der Waals surface area contributed by atoms with Gasteiger partial charge in [0.15, 0.2) is 10.6 Å². The monoisotopic (exact) mass is 784 g/mol. The first-order valence-corrected chi connectivity index (χ1v) is 18.3. The fraction of sp³-hybridized carbons (Fsp3) is 0.108. The van der Waals surface area contributed by atoms with Crippen LogP contribution in [0.3, 0.4) is 0 Å². The molecule has 0 bridgehead atoms. The van der Waals surface area contributed by atoms with Crippen molar-refractivity contribution in [3.63, 3.8) is 0 Å². The molecule has 1 N–H and O–H groups in total. The Morgan fingerprint density at radius 3 is 2.55 bits per heavy atom. The van der Waals surface area contributed by atoms with Crippen LogP contribution in [0.1, 0.15) is 29.7 Å². The largest absolute Gasteiger partial charge is 0.497 e. The summed E-state index contributed by atoms with van der Waals surface area (Å²) in [6, 6.07) is 24.9. The Morgan fingerprint density at radius 1 is 1.08 bits per heavy atom. The molecule has 0 fully saturated rings. The number of nitrogens with one attached hydrogen (secondary N) is 1. The highest BCUT2D eigenvalue weighted by Gasteiger charge is 2.35. The summed E-state index contributed by atoms with van der Waals surface area (Å²) in [7, 11) is 1.55. The average Bonchev–Trinajstić information content (AvgIpc) is 3.75. The molecular weight excluding hydrogens is 759 g/mol. The van der Waals surface area contributed by atoms with Gasteiger partial charge in [0.1, 0.15) is 5.75 Å². The Hall–Kier alpha value is -5.54. The Morgan fingerprint density at radius 2 is 1.85 bits per heavy atom. The number of benzene rings is 4. The smallest absolute Gasteiger partial charge is 0.338 e. The van der Waals surface area contributed by atoms with E-state index in [0.717, 1.165) is 23.1 Å². The minimum absolute atomic E-state index is 0.116. The number of nitro benzene ring substituents is 1. The second-order valence-corrected chi connectivity index (χ2v) is 14.2. The number of rotatable bonds is 10. The van der Waals surface area contributed by atoms with E-state index in [9.17, 15) is 19.7 Å². The Kier molecular flexibility index (Phi) is 10.3. The molecule has 0 unspecified atom stereocenters. The summed E-state index contributed by atoms with van der Waals surface area (Å²) in [5.74, 6) is 0.366. The van der Waals surface area contributed by atoms with Crippen molar-refractivity contribution in [2.45, 2.75) is 23.0 Å². The molecule has 0 saturated carbocycles. The number of aromatic amines is 1. The van der Waals surface area contributed by atoms with E-state index in [1.54, 1.807) is 74.7 Å². The highest BCUT2D eigenvalue weighted by atomic mass is 35.5. The van der Waals surface area contributed by atoms with E-state index in [1.807, 2.05) is 30.3 Å². The van der Waals surface area contributed by atoms with Gasteiger partial charge in [-0.2, -0.15) is 0 Å². The van der Waals surface area contributed by atoms with Crippen LogP contribution in [0.15, 0.2) is 116 Å². The molecule has 6 aromatic rings. The van der Waals surface area contributed by atoms with E-state index in [0.29, 0.717) is 54.4 Å². The number of aromatic nitrogens is 4. The first kappa shape index (κ1) is 35.8. The molecule has 1 aliphatic heterocycles. The first-order chi connectivity index (χ1) is 25.6. The summed E-state index contributed by atoms with van der Waals surface area (Å²) in [6.45, 7) is 1.83. The van der Waals surface area contributed by atoms with E-state index in [2.05, 4.69) is 15.2 Å². The van der Waals surface area contributed by atoms with Crippen LogP contribution in [-0.4, -0.2) is 44.4 Å². The number of hydrogen-bond acceptors (Lipinski definition) is 11. The van der Waals surface area contributed by atoms with Gasteiger partial charge >= 0.3 is 5.97 Å². The molecule has 0 radical (unpaired) electrons. The maximum atomic E-state index is 14.3. The number of fused-ring (bicyclic) bond motifs is 1. The summed E-state index contributed by atoms with van der Waals surface area (Å²) < 4.78 is 12.6. The summed E-state index contributed by atoms with van der Waals surface area (Å²) in [6.07, 6.45) is 1.57. The Bertz CT molecular complexity index is 2600. The van der Waals surface area contributed by atoms with E-state index >= 15 is 0 Å². The molecule has 1 aliphatic rings. The molecule has 53 heavy (non-hydrogen) atoms. The first-order valence-electron chi connectivity index (χ1n) is 15.9. The van der Waals surface area contributed by atoms with Gasteiger partial charge in [0.05, 0.1) is 50.4 Å². The van der Waals surface area contributed by atoms with Crippen molar-refractivity contribution in [1.82, 2.24) is 19.7 Å². The minimum atomic E-state index is -0.893. The second kappa shape index (κ2) is 15.2. The van der Waals surface area contributed by atoms with Crippen molar-refractivity contribution in [2.24, 2.45) is 4.99 Å². The molecule has 0 aliphatic carbocycles. The topological polar surface area (TPSA) is 155 Å². The van der Waals surface area contributed by atoms with Crippen LogP contribution < -0.4 is 19.6 Å². The zero-order chi connectivity index (χ0) is 37.2. The Labute approximate surface area is 319 Å². The molecule has 0 spiro atoms. The third kappa shape index (κ3) is 7.26. The highest BCUT2D eigenvalue weighted by Crippen LogP contribution is 2.37. The van der Waals surface area contributed by atoms with Crippen molar-refractivity contribution < 1.29 is 19.2 Å². The zero-order valence-corrected chi connectivity index (χ0v) is 30.9. The second-order valence-electron chi connectivity index (χ2n) is 11.4. The molecule has 2 aromatic heterocycles. The quantitative estimate of drug-likeness (QED) is 0.0871. The number of ether oxygens (including phenoxy) is 2. The highest BCUT2D eigenvalue weighted by molar-refractivity contribution is 7.99. The van der Waals surface area contributed by atoms with E-state index in [4.69, 9.17) is 37.7 Å². The van der Waals surface area contributed by atoms with E-state index in [1.165, 1.54) is 10.6 Å². The van der Waals surface area contributed by atoms with Crippen molar-refractivity contribution in [2.75, 3.05) is 13.7 Å². The third-order valence-electron chi connectivity index (χ3n) is 8.14. The number of halogens is 2. The lowest BCUT2D eigenvalue weighted by molar-refractivity contribution is -0.387. The summed E-state index contributed by atoms with van der Waals surface area (Å²) in [5, 5.41) is 20.4. The molecule has 7 rings (SSSR count). The van der Waals surface area contributed by atoms with Crippen molar-refractivity contribution in [3.8, 4) is 17.1 Å². The number of nitro groups is 1. The predicted octanol–water partition coefficient (Wildman–Crippen LogP) is 7.10. The molecule has 4 aromatic carbocycles. The van der Waals surface area contributed by atoms with Crippen molar-refractivity contribution in [1.29, 1.82) is 0 Å². The summed E-state index contributed by atoms with van der Waals surface area (Å²) in [5.41, 5.74) is 2.22. The van der Waals surface area contributed by atoms with Crippen LogP contribution in [0.4, 0.5) is 5.69 Å². The van der Waals surface area contributed by atoms with Crippen molar-refractivity contribution >= 4 is 69.7 Å². The number of carbonyl (C=O) groups excluding carboxylic acids is 1. The van der Waals surface area contributed by atoms with Gasteiger partial charge in [0, 0.05) is 22.2 Å². The normalized spacial score (nSPS) is 14.1. The number of nitrogens with zero attached hydrogens (tertiary/aromatic N) is 5. The van der Waals surface area contributed by atoms with Crippen LogP contribution in [-0.2, 0) is 9.53 Å². The lowest BCUT2D eigenvalue weighted by atomic mass is 9.93. The maximum Gasteiger partial charge on any atom is 0.338 e. The molecule has 12 nitrogen and oxygen atoms in total. The molecule has 3 heterocycles. The fourth-order valence-corrected chi connectivity index (χ4v) is 8.04. The summed E-state index contributed by atoms with van der Waals surface area (Å²) >= 11 is 14.4. The molecule has 0 amide bonds. The van der Waals surface area contributed by atoms with Gasteiger partial charge in [-0.05, 0) is 72.3 Å². The number of H-pyrrole nitrogens is 1. The number of thiazole rings is 1. The standard InChI is InChI=1S/C37H26Cl2N6O6S2/c1-3-51-35(47)30-31(21-7-5-4-6-8-21)40-37-44(32(30)22-10-13-24(50-2)14-11-22)34(46)29(53-37)18-20-9-16-28(27(17-20)45(48)49)52-36-41-33(42-43-36)25-15-12-23(38)19-26(25)39/h4-19,32H,3H2,1-2H3,(H,41,42,43)/b29-18+/t32-/m0/s1. The van der Waals surface area contributed by atoms with Gasteiger partial charge in [-0.25, -0.2) is 14.8 Å². The molecule has 16 heteroatoms. The van der Waals surface area contributed by atoms with Gasteiger partial charge in [-0.15, -0.1) is 5.10 Å². The van der Waals surface area contributed by atoms with Gasteiger partial charge in [-0.1, -0.05) is 83.1 Å². The molecular formula is C37H26Cl2N6O6S2. The zero-order valence-electron chi connectivity index (χ0n) is 27.8. The maximum absolute atomic E-state index is 14.3. The van der Waals surface area contributed by atoms with E-state index < -0.39 is 22.5 Å². The Balaban J connectivity index is 1.31. The predicted molar refractivity (Wildman–Crippen MR) is 203 cm³/mol. The molecule has 0 saturated heterocycles. The van der Waals surface area contributed by atoms with Crippen LogP contribution in [0.25, 0.3) is 23.2 Å². The van der Waals surface area contributed by atoms with Crippen molar-refractivity contribution in [3.05, 3.63) is 153 Å². The lowest BCUT2D eigenvalue weighted by Gasteiger charge is -2.26. The number of methoxy groups -OCH3 is 1. The summed E-state index contributed by atoms with van der Waals surface area (Å²) in [4.78, 5) is 49.7. The van der Waals surface area contributed by atoms with Gasteiger partial charge in [0.2, 0.25) is 5.16 Å². The van der Waals surface area contributed by atoms with Crippen LogP contribution in [0, 0.1) is 10.1 Å². The van der Waals surface area contributed by atoms with E-state index in [-0.39, 0.29) is 32.5 Å². The SMILES string of the molecule is CCOC(=O)C1=C(c2ccccc2)N=c2s/c(=C/c3ccc(Sc4n[nH]c(-c5ccc(Cl)cc5Cl)n4)c([N+](=O)[O-])c3)c(=O)n2[C@H]1c1ccc(OC)cc1. The number of hydrogen-bond donors (Lipinski definition) is 1. The number of esters is 1. The molecule has 266 valence electrons. The third-order valence-corrected chi connectivity index (χ3v) is 10.6. The minimum Gasteiger partial charge on any atom is -0.497 e. The molecule has 1 atom stereocenters. The fourth-order valence-electron chi connectivity index (χ4n) is 5.74. The van der Waals surface area contributed by atoms with Crippen LogP contribution >= 0.6 is 46.3 Å². The van der Waals surface area contributed by atoms with Gasteiger partial charge < -0.3 is 9.47 Å². The van der Waals surface area contributed by atoms with Crippen LogP contribution in [0.5, 0.6) is 5.75 Å². The van der Waals surface area contributed by atoms with Gasteiger partial charge in [0.25, 0.3) is 11.2 Å². The average molecular weight is 786 g/mol. The van der Waals surface area contributed by atoms with Gasteiger partial charge in [-0.3, -0.25) is 24.6 Å². The number of carbonyl (C=O) groups is 1. The lowest BCUT2D eigenvalue weighted by Crippen LogP contribution is -2.40. The van der Waals surface area contributed by atoms with Crippen LogP contribution in [0.2, 0.25) is 10.0 Å².